The Morgan fingerprint density at radius 3 is 2.69 bits per heavy atom. The highest BCUT2D eigenvalue weighted by Crippen LogP contribution is 2.19. The van der Waals surface area contributed by atoms with Gasteiger partial charge in [-0.25, -0.2) is 4.39 Å². The predicted octanol–water partition coefficient (Wildman–Crippen LogP) is 2.56. The van der Waals surface area contributed by atoms with Crippen molar-refractivity contribution in [2.45, 2.75) is 26.2 Å². The van der Waals surface area contributed by atoms with Gasteiger partial charge in [0, 0.05) is 13.6 Å². The molecule has 0 bridgehead atoms. The van der Waals surface area contributed by atoms with Crippen molar-refractivity contribution in [3.63, 3.8) is 0 Å². The van der Waals surface area contributed by atoms with Crippen LogP contribution < -0.4 is 10.6 Å². The number of anilines is 1. The van der Waals surface area contributed by atoms with Gasteiger partial charge in [0.25, 0.3) is 0 Å². The largest absolute Gasteiger partial charge is 0.372 e. The summed E-state index contributed by atoms with van der Waals surface area (Å²) in [6.07, 6.45) is 2.94. The summed E-state index contributed by atoms with van der Waals surface area (Å²) < 4.78 is 13.8. The highest BCUT2D eigenvalue weighted by Gasteiger charge is 2.07. The summed E-state index contributed by atoms with van der Waals surface area (Å²) in [5.41, 5.74) is 7.08. The maximum Gasteiger partial charge on any atom is 0.146 e. The molecule has 90 valence electrons. The topological polar surface area (TPSA) is 29.3 Å². The maximum atomic E-state index is 13.8. The van der Waals surface area contributed by atoms with E-state index in [1.165, 1.54) is 0 Å². The average Bonchev–Trinajstić information content (AvgIpc) is 2.26. The van der Waals surface area contributed by atoms with Crippen LogP contribution in [0.25, 0.3) is 0 Å². The fourth-order valence-electron chi connectivity index (χ4n) is 1.70. The van der Waals surface area contributed by atoms with Crippen molar-refractivity contribution in [2.75, 3.05) is 25.0 Å². The first kappa shape index (κ1) is 13.0. The molecule has 1 aromatic carbocycles. The minimum absolute atomic E-state index is 0.149. The Hall–Kier alpha value is -1.09. The van der Waals surface area contributed by atoms with Crippen molar-refractivity contribution < 1.29 is 4.39 Å². The highest BCUT2D eigenvalue weighted by molar-refractivity contribution is 5.48. The van der Waals surface area contributed by atoms with Gasteiger partial charge in [0.05, 0.1) is 5.69 Å². The standard InChI is InChI=1S/C13H21FN2/c1-3-4-9-16(2)13-6-5-11(7-8-15)10-12(13)14/h5-6,10H,3-4,7-9,15H2,1-2H3. The smallest absolute Gasteiger partial charge is 0.146 e. The van der Waals surface area contributed by atoms with Gasteiger partial charge in [-0.05, 0) is 37.1 Å². The van der Waals surface area contributed by atoms with E-state index < -0.39 is 0 Å². The summed E-state index contributed by atoms with van der Waals surface area (Å²) in [6, 6.07) is 5.38. The van der Waals surface area contributed by atoms with Gasteiger partial charge in [-0.15, -0.1) is 0 Å². The summed E-state index contributed by atoms with van der Waals surface area (Å²) in [4.78, 5) is 1.96. The second-order valence-electron chi connectivity index (χ2n) is 4.10. The quantitative estimate of drug-likeness (QED) is 0.804. The first-order chi connectivity index (χ1) is 7.69. The fraction of sp³-hybridized carbons (Fsp3) is 0.538. The summed E-state index contributed by atoms with van der Waals surface area (Å²) in [5, 5.41) is 0. The van der Waals surface area contributed by atoms with Crippen LogP contribution >= 0.6 is 0 Å². The molecule has 0 aliphatic heterocycles. The third-order valence-electron chi connectivity index (χ3n) is 2.70. The molecule has 0 spiro atoms. The molecule has 0 aromatic heterocycles. The molecule has 2 N–H and O–H groups in total. The molecule has 0 aliphatic carbocycles. The molecule has 1 rings (SSSR count). The molecule has 0 atom stereocenters. The first-order valence-corrected chi connectivity index (χ1v) is 5.88. The molecular weight excluding hydrogens is 203 g/mol. The number of benzene rings is 1. The maximum absolute atomic E-state index is 13.8. The van der Waals surface area contributed by atoms with Crippen molar-refractivity contribution in [1.82, 2.24) is 0 Å². The lowest BCUT2D eigenvalue weighted by molar-refractivity contribution is 0.617. The van der Waals surface area contributed by atoms with Gasteiger partial charge >= 0.3 is 0 Å². The van der Waals surface area contributed by atoms with Crippen LogP contribution in [0.3, 0.4) is 0 Å². The summed E-state index contributed by atoms with van der Waals surface area (Å²) in [5.74, 6) is -0.149. The number of hydrogen-bond acceptors (Lipinski definition) is 2. The molecule has 0 amide bonds. The molecule has 16 heavy (non-hydrogen) atoms. The zero-order chi connectivity index (χ0) is 12.0. The lowest BCUT2D eigenvalue weighted by Crippen LogP contribution is -2.19. The number of unbranched alkanes of at least 4 members (excludes halogenated alkanes) is 1. The third kappa shape index (κ3) is 3.49. The number of halogens is 1. The number of nitrogens with two attached hydrogens (primary N) is 1. The summed E-state index contributed by atoms with van der Waals surface area (Å²) in [7, 11) is 1.93. The van der Waals surface area contributed by atoms with E-state index in [0.717, 1.165) is 31.4 Å². The fourth-order valence-corrected chi connectivity index (χ4v) is 1.70. The van der Waals surface area contributed by atoms with Crippen molar-refractivity contribution in [1.29, 1.82) is 0 Å². The van der Waals surface area contributed by atoms with Gasteiger partial charge < -0.3 is 10.6 Å². The number of hydrogen-bond donors (Lipinski definition) is 1. The van der Waals surface area contributed by atoms with Crippen LogP contribution in [0.5, 0.6) is 0 Å². The van der Waals surface area contributed by atoms with Crippen LogP contribution in [0.4, 0.5) is 10.1 Å². The van der Waals surface area contributed by atoms with Gasteiger partial charge in [-0.3, -0.25) is 0 Å². The molecule has 3 heteroatoms. The molecule has 0 aliphatic rings. The third-order valence-corrected chi connectivity index (χ3v) is 2.70. The van der Waals surface area contributed by atoms with Crippen molar-refractivity contribution in [3.05, 3.63) is 29.6 Å². The lowest BCUT2D eigenvalue weighted by atomic mass is 10.1. The molecule has 0 fully saturated rings. The second-order valence-corrected chi connectivity index (χ2v) is 4.10. The highest BCUT2D eigenvalue weighted by atomic mass is 19.1. The minimum atomic E-state index is -0.149. The molecule has 0 radical (unpaired) electrons. The normalized spacial score (nSPS) is 10.5. The predicted molar refractivity (Wildman–Crippen MR) is 67.3 cm³/mol. The van der Waals surface area contributed by atoms with Crippen LogP contribution in [-0.2, 0) is 6.42 Å². The molecule has 0 saturated carbocycles. The zero-order valence-corrected chi connectivity index (χ0v) is 10.2. The van der Waals surface area contributed by atoms with Crippen molar-refractivity contribution in [2.24, 2.45) is 5.73 Å². The Bertz CT molecular complexity index is 326. The van der Waals surface area contributed by atoms with E-state index in [4.69, 9.17) is 5.73 Å². The Labute approximate surface area is 97.3 Å². The van der Waals surface area contributed by atoms with E-state index >= 15 is 0 Å². The van der Waals surface area contributed by atoms with Gasteiger partial charge in [-0.2, -0.15) is 0 Å². The summed E-state index contributed by atoms with van der Waals surface area (Å²) >= 11 is 0. The van der Waals surface area contributed by atoms with E-state index in [1.807, 2.05) is 24.1 Å². The van der Waals surface area contributed by atoms with Crippen LogP contribution in [0.1, 0.15) is 25.3 Å². The van der Waals surface area contributed by atoms with E-state index in [9.17, 15) is 4.39 Å². The summed E-state index contributed by atoms with van der Waals surface area (Å²) in [6.45, 7) is 3.59. The van der Waals surface area contributed by atoms with E-state index in [2.05, 4.69) is 6.92 Å². The second kappa shape index (κ2) is 6.48. The Morgan fingerprint density at radius 1 is 1.38 bits per heavy atom. The number of rotatable bonds is 6. The van der Waals surface area contributed by atoms with Crippen LogP contribution in [0.15, 0.2) is 18.2 Å². The Kier molecular flexibility index (Phi) is 5.26. The van der Waals surface area contributed by atoms with Gasteiger partial charge in [0.2, 0.25) is 0 Å². The zero-order valence-electron chi connectivity index (χ0n) is 10.2. The molecular formula is C13H21FN2. The Balaban J connectivity index is 2.73. The van der Waals surface area contributed by atoms with Gasteiger partial charge in [-0.1, -0.05) is 19.4 Å². The average molecular weight is 224 g/mol. The van der Waals surface area contributed by atoms with E-state index in [-0.39, 0.29) is 5.82 Å². The van der Waals surface area contributed by atoms with Gasteiger partial charge in [0.1, 0.15) is 5.82 Å². The Morgan fingerprint density at radius 2 is 2.12 bits per heavy atom. The van der Waals surface area contributed by atoms with Crippen LogP contribution in [0.2, 0.25) is 0 Å². The molecule has 0 saturated heterocycles. The first-order valence-electron chi connectivity index (χ1n) is 5.88. The van der Waals surface area contributed by atoms with Crippen molar-refractivity contribution >= 4 is 5.69 Å². The molecule has 0 unspecified atom stereocenters. The minimum Gasteiger partial charge on any atom is -0.372 e. The molecule has 1 aromatic rings. The SMILES string of the molecule is CCCCN(C)c1ccc(CCN)cc1F. The van der Waals surface area contributed by atoms with Crippen molar-refractivity contribution in [3.8, 4) is 0 Å². The molecule has 2 nitrogen and oxygen atoms in total. The lowest BCUT2D eigenvalue weighted by Gasteiger charge is -2.20. The van der Waals surface area contributed by atoms with E-state index in [0.29, 0.717) is 12.2 Å². The van der Waals surface area contributed by atoms with Crippen LogP contribution in [0, 0.1) is 5.82 Å². The van der Waals surface area contributed by atoms with E-state index in [1.54, 1.807) is 6.07 Å². The van der Waals surface area contributed by atoms with Crippen LogP contribution in [-0.4, -0.2) is 20.1 Å². The molecule has 0 heterocycles. The van der Waals surface area contributed by atoms with Gasteiger partial charge in [0.15, 0.2) is 0 Å². The number of nitrogens with zero attached hydrogens (tertiary/aromatic N) is 1. The monoisotopic (exact) mass is 224 g/mol.